The van der Waals surface area contributed by atoms with Crippen molar-refractivity contribution < 1.29 is 9.53 Å². The summed E-state index contributed by atoms with van der Waals surface area (Å²) in [6.07, 6.45) is 2.05. The molecule has 0 saturated carbocycles. The van der Waals surface area contributed by atoms with Gasteiger partial charge in [0.2, 0.25) is 0 Å². The second-order valence-corrected chi connectivity index (χ2v) is 4.42. The SMILES string of the molecule is O=C(CCOCc1ccccc1)c1ccns1. The van der Waals surface area contributed by atoms with Crippen LogP contribution in [-0.4, -0.2) is 16.8 Å². The molecule has 2 rings (SSSR count). The Labute approximate surface area is 104 Å². The van der Waals surface area contributed by atoms with E-state index in [0.717, 1.165) is 5.56 Å². The molecule has 0 N–H and O–H groups in total. The lowest BCUT2D eigenvalue weighted by Crippen LogP contribution is -2.03. The number of carbonyl (C=O) groups is 1. The first-order valence-electron chi connectivity index (χ1n) is 5.42. The van der Waals surface area contributed by atoms with Crippen molar-refractivity contribution in [1.29, 1.82) is 0 Å². The fourth-order valence-corrected chi connectivity index (χ4v) is 1.97. The monoisotopic (exact) mass is 247 g/mol. The van der Waals surface area contributed by atoms with Crippen LogP contribution in [0.4, 0.5) is 0 Å². The Morgan fingerprint density at radius 3 is 2.76 bits per heavy atom. The second kappa shape index (κ2) is 6.27. The Morgan fingerprint density at radius 1 is 1.24 bits per heavy atom. The van der Waals surface area contributed by atoms with Gasteiger partial charge in [-0.2, -0.15) is 0 Å². The number of ether oxygens (including phenoxy) is 1. The topological polar surface area (TPSA) is 39.2 Å². The summed E-state index contributed by atoms with van der Waals surface area (Å²) < 4.78 is 9.35. The number of Topliss-reactive ketones (excluding diaryl/α,β-unsaturated/α-hetero) is 1. The zero-order valence-electron chi connectivity index (χ0n) is 9.33. The van der Waals surface area contributed by atoms with E-state index in [1.54, 1.807) is 12.3 Å². The zero-order chi connectivity index (χ0) is 11.9. The van der Waals surface area contributed by atoms with Crippen LogP contribution in [0.3, 0.4) is 0 Å². The van der Waals surface area contributed by atoms with E-state index in [0.29, 0.717) is 24.5 Å². The average Bonchev–Trinajstić information content (AvgIpc) is 2.89. The number of ketones is 1. The molecule has 0 atom stereocenters. The molecule has 0 aliphatic carbocycles. The van der Waals surface area contributed by atoms with E-state index in [1.165, 1.54) is 11.5 Å². The molecule has 3 nitrogen and oxygen atoms in total. The van der Waals surface area contributed by atoms with Gasteiger partial charge in [0.25, 0.3) is 0 Å². The highest BCUT2D eigenvalue weighted by Gasteiger charge is 2.06. The highest BCUT2D eigenvalue weighted by Crippen LogP contribution is 2.08. The van der Waals surface area contributed by atoms with Crippen LogP contribution < -0.4 is 0 Å². The molecule has 1 aromatic carbocycles. The summed E-state index contributed by atoms with van der Waals surface area (Å²) in [6.45, 7) is 1.00. The number of carbonyl (C=O) groups excluding carboxylic acids is 1. The Morgan fingerprint density at radius 2 is 2.06 bits per heavy atom. The second-order valence-electron chi connectivity index (χ2n) is 3.59. The lowest BCUT2D eigenvalue weighted by atomic mass is 10.2. The molecular weight excluding hydrogens is 234 g/mol. The number of hydrogen-bond acceptors (Lipinski definition) is 4. The molecule has 0 fully saturated rings. The predicted octanol–water partition coefficient (Wildman–Crippen LogP) is 2.93. The molecule has 0 radical (unpaired) electrons. The minimum Gasteiger partial charge on any atom is -0.376 e. The largest absolute Gasteiger partial charge is 0.376 e. The van der Waals surface area contributed by atoms with Gasteiger partial charge in [-0.25, -0.2) is 4.37 Å². The van der Waals surface area contributed by atoms with Crippen molar-refractivity contribution in [3.63, 3.8) is 0 Å². The number of benzene rings is 1. The Kier molecular flexibility index (Phi) is 4.41. The van der Waals surface area contributed by atoms with Crippen LogP contribution in [0.5, 0.6) is 0 Å². The van der Waals surface area contributed by atoms with E-state index in [1.807, 2.05) is 30.3 Å². The van der Waals surface area contributed by atoms with Crippen LogP contribution in [0.2, 0.25) is 0 Å². The molecule has 0 spiro atoms. The zero-order valence-corrected chi connectivity index (χ0v) is 10.2. The van der Waals surface area contributed by atoms with Crippen LogP contribution in [0.25, 0.3) is 0 Å². The van der Waals surface area contributed by atoms with Crippen molar-refractivity contribution in [3.05, 3.63) is 53.0 Å². The average molecular weight is 247 g/mol. The van der Waals surface area contributed by atoms with Crippen LogP contribution in [-0.2, 0) is 11.3 Å². The van der Waals surface area contributed by atoms with Gasteiger partial charge in [0.05, 0.1) is 18.1 Å². The summed E-state index contributed by atoms with van der Waals surface area (Å²) in [7, 11) is 0. The van der Waals surface area contributed by atoms with E-state index in [-0.39, 0.29) is 5.78 Å². The first kappa shape index (κ1) is 12.0. The number of hydrogen-bond donors (Lipinski definition) is 0. The van der Waals surface area contributed by atoms with Gasteiger partial charge >= 0.3 is 0 Å². The van der Waals surface area contributed by atoms with Crippen molar-refractivity contribution in [2.24, 2.45) is 0 Å². The molecule has 0 saturated heterocycles. The predicted molar refractivity (Wildman–Crippen MR) is 67.2 cm³/mol. The first-order valence-corrected chi connectivity index (χ1v) is 6.19. The summed E-state index contributed by atoms with van der Waals surface area (Å²) in [5.41, 5.74) is 1.12. The molecule has 1 aromatic heterocycles. The minimum atomic E-state index is 0.0977. The summed E-state index contributed by atoms with van der Waals surface area (Å²) in [5.74, 6) is 0.0977. The molecule has 0 bridgehead atoms. The highest BCUT2D eigenvalue weighted by molar-refractivity contribution is 7.08. The van der Waals surface area contributed by atoms with E-state index in [9.17, 15) is 4.79 Å². The van der Waals surface area contributed by atoms with Gasteiger partial charge < -0.3 is 4.74 Å². The van der Waals surface area contributed by atoms with E-state index < -0.39 is 0 Å². The number of nitrogens with zero attached hydrogens (tertiary/aromatic N) is 1. The highest BCUT2D eigenvalue weighted by atomic mass is 32.1. The molecular formula is C13H13NO2S. The van der Waals surface area contributed by atoms with E-state index >= 15 is 0 Å². The maximum absolute atomic E-state index is 11.6. The minimum absolute atomic E-state index is 0.0977. The molecule has 0 unspecified atom stereocenters. The third-order valence-electron chi connectivity index (χ3n) is 2.30. The van der Waals surface area contributed by atoms with Gasteiger partial charge in [-0.15, -0.1) is 0 Å². The molecule has 88 valence electrons. The third-order valence-corrected chi connectivity index (χ3v) is 3.09. The quantitative estimate of drug-likeness (QED) is 0.582. The fraction of sp³-hybridized carbons (Fsp3) is 0.231. The molecule has 1 heterocycles. The normalized spacial score (nSPS) is 10.4. The van der Waals surface area contributed by atoms with Crippen LogP contribution in [0, 0.1) is 0 Å². The van der Waals surface area contributed by atoms with Gasteiger partial charge in [0.1, 0.15) is 0 Å². The maximum Gasteiger partial charge on any atom is 0.176 e. The van der Waals surface area contributed by atoms with Crippen molar-refractivity contribution in [1.82, 2.24) is 4.37 Å². The van der Waals surface area contributed by atoms with E-state index in [2.05, 4.69) is 4.37 Å². The van der Waals surface area contributed by atoms with Gasteiger partial charge in [-0.05, 0) is 23.2 Å². The summed E-state index contributed by atoms with van der Waals surface area (Å²) in [4.78, 5) is 12.3. The molecule has 4 heteroatoms. The van der Waals surface area contributed by atoms with Crippen LogP contribution in [0.1, 0.15) is 21.7 Å². The lowest BCUT2D eigenvalue weighted by Gasteiger charge is -2.02. The smallest absolute Gasteiger partial charge is 0.176 e. The van der Waals surface area contributed by atoms with Gasteiger partial charge in [-0.1, -0.05) is 30.3 Å². The van der Waals surface area contributed by atoms with Crippen molar-refractivity contribution >= 4 is 17.3 Å². The molecule has 2 aromatic rings. The molecule has 0 aliphatic heterocycles. The standard InChI is InChI=1S/C13H13NO2S/c15-12(13-6-8-14-17-13)7-9-16-10-11-4-2-1-3-5-11/h1-6,8H,7,9-10H2. The van der Waals surface area contributed by atoms with Crippen molar-refractivity contribution in [2.75, 3.05) is 6.61 Å². The van der Waals surface area contributed by atoms with Crippen molar-refractivity contribution in [2.45, 2.75) is 13.0 Å². The van der Waals surface area contributed by atoms with Gasteiger partial charge in [0, 0.05) is 12.6 Å². The van der Waals surface area contributed by atoms with E-state index in [4.69, 9.17) is 4.74 Å². The first-order chi connectivity index (χ1) is 8.36. The Bertz CT molecular complexity index is 454. The summed E-state index contributed by atoms with van der Waals surface area (Å²) >= 11 is 1.23. The van der Waals surface area contributed by atoms with Crippen LogP contribution >= 0.6 is 11.5 Å². The maximum atomic E-state index is 11.6. The Balaban J connectivity index is 1.69. The van der Waals surface area contributed by atoms with Crippen LogP contribution in [0.15, 0.2) is 42.6 Å². The number of rotatable bonds is 6. The summed E-state index contributed by atoms with van der Waals surface area (Å²) in [5, 5.41) is 0. The Hall–Kier alpha value is -1.52. The fourth-order valence-electron chi connectivity index (χ4n) is 1.41. The van der Waals surface area contributed by atoms with Gasteiger partial charge in [0.15, 0.2) is 5.78 Å². The third kappa shape index (κ3) is 3.76. The molecule has 0 aliphatic rings. The lowest BCUT2D eigenvalue weighted by molar-refractivity contribution is 0.0852. The van der Waals surface area contributed by atoms with Crippen molar-refractivity contribution in [3.8, 4) is 0 Å². The number of aromatic nitrogens is 1. The molecule has 0 amide bonds. The summed E-state index contributed by atoms with van der Waals surface area (Å²) in [6, 6.07) is 11.7. The van der Waals surface area contributed by atoms with Gasteiger partial charge in [-0.3, -0.25) is 4.79 Å². The molecule has 17 heavy (non-hydrogen) atoms.